The van der Waals surface area contributed by atoms with Crippen molar-refractivity contribution in [2.24, 2.45) is 5.92 Å². The van der Waals surface area contributed by atoms with E-state index in [0.717, 1.165) is 12.8 Å². The topological polar surface area (TPSA) is 38.7 Å². The summed E-state index contributed by atoms with van der Waals surface area (Å²) in [6.45, 7) is 12.6. The summed E-state index contributed by atoms with van der Waals surface area (Å²) in [5, 5.41) is 13.6. The van der Waals surface area contributed by atoms with Gasteiger partial charge in [0, 0.05) is 6.10 Å². The van der Waals surface area contributed by atoms with E-state index in [4.69, 9.17) is 9.16 Å². The minimum atomic E-state index is -2.65. The van der Waals surface area contributed by atoms with Crippen LogP contribution >= 0.6 is 0 Å². The lowest BCUT2D eigenvalue weighted by Crippen LogP contribution is -2.67. The molecular weight excluding hydrogens is 496 g/mol. The van der Waals surface area contributed by atoms with Crippen LogP contribution in [0.15, 0.2) is 103 Å². The lowest BCUT2D eigenvalue weighted by molar-refractivity contribution is 0.0848. The largest absolute Gasteiger partial charge is 0.404 e. The van der Waals surface area contributed by atoms with Gasteiger partial charge in [-0.1, -0.05) is 144 Å². The Hall–Kier alpha value is -2.50. The SMILES string of the molecule is CCC[C@@H](C[C@@H](O)C/C=C\[C@H](C)COCc1ccccc1)O[Si](c1ccccc1)(c1ccccc1)C(C)(C)C. The molecule has 39 heavy (non-hydrogen) atoms. The summed E-state index contributed by atoms with van der Waals surface area (Å²) in [6, 6.07) is 31.8. The standard InChI is InChI=1S/C35H48O3Si/c1-6-17-32(26-31(36)21-16-18-29(2)27-37-28-30-19-10-7-11-20-30)38-39(35(3,4)5,33-22-12-8-13-23-33)34-24-14-9-15-25-34/h7-16,18-20,22-25,29,31-32,36H,6,17,21,26-28H2,1-5H3/b18-16-/t29-,31-,32-/m0/s1. The van der Waals surface area contributed by atoms with Gasteiger partial charge in [0.1, 0.15) is 0 Å². The van der Waals surface area contributed by atoms with Crippen LogP contribution in [0.1, 0.15) is 65.9 Å². The first kappa shape index (κ1) is 31.0. The Morgan fingerprint density at radius 1 is 0.846 bits per heavy atom. The van der Waals surface area contributed by atoms with Gasteiger partial charge in [0.05, 0.1) is 19.3 Å². The molecule has 0 aromatic heterocycles. The van der Waals surface area contributed by atoms with Crippen LogP contribution in [-0.4, -0.2) is 32.2 Å². The molecule has 0 aliphatic carbocycles. The lowest BCUT2D eigenvalue weighted by Gasteiger charge is -2.45. The summed E-state index contributed by atoms with van der Waals surface area (Å²) >= 11 is 0. The number of hydrogen-bond acceptors (Lipinski definition) is 3. The first-order chi connectivity index (χ1) is 18.8. The first-order valence-electron chi connectivity index (χ1n) is 14.5. The van der Waals surface area contributed by atoms with Crippen molar-refractivity contribution in [2.45, 2.75) is 84.2 Å². The Balaban J connectivity index is 1.68. The summed E-state index contributed by atoms with van der Waals surface area (Å²) in [5.41, 5.74) is 1.19. The summed E-state index contributed by atoms with van der Waals surface area (Å²) in [5.74, 6) is 0.292. The van der Waals surface area contributed by atoms with Crippen molar-refractivity contribution in [2.75, 3.05) is 6.61 Å². The maximum Gasteiger partial charge on any atom is 0.261 e. The molecule has 0 aliphatic rings. The van der Waals surface area contributed by atoms with E-state index in [0.29, 0.717) is 32.0 Å². The molecule has 3 rings (SSSR count). The molecule has 3 aromatic carbocycles. The second kappa shape index (κ2) is 15.3. The molecule has 0 unspecified atom stereocenters. The predicted molar refractivity (Wildman–Crippen MR) is 167 cm³/mol. The molecule has 3 nitrogen and oxygen atoms in total. The van der Waals surface area contributed by atoms with Gasteiger partial charge in [-0.2, -0.15) is 0 Å². The second-order valence-corrected chi connectivity index (χ2v) is 16.0. The zero-order valence-electron chi connectivity index (χ0n) is 24.6. The first-order valence-corrected chi connectivity index (χ1v) is 16.4. The van der Waals surface area contributed by atoms with E-state index < -0.39 is 14.4 Å². The molecule has 0 radical (unpaired) electrons. The number of rotatable bonds is 15. The smallest absolute Gasteiger partial charge is 0.261 e. The monoisotopic (exact) mass is 544 g/mol. The molecule has 0 aliphatic heterocycles. The van der Waals surface area contributed by atoms with Crippen LogP contribution in [0.25, 0.3) is 0 Å². The van der Waals surface area contributed by atoms with Crippen molar-refractivity contribution in [3.8, 4) is 0 Å². The molecule has 4 heteroatoms. The van der Waals surface area contributed by atoms with E-state index in [1.54, 1.807) is 0 Å². The third-order valence-corrected chi connectivity index (χ3v) is 12.4. The zero-order valence-corrected chi connectivity index (χ0v) is 25.6. The fourth-order valence-corrected chi connectivity index (χ4v) is 10.1. The van der Waals surface area contributed by atoms with Crippen molar-refractivity contribution in [1.29, 1.82) is 0 Å². The number of aliphatic hydroxyl groups excluding tert-OH is 1. The minimum Gasteiger partial charge on any atom is -0.404 e. The van der Waals surface area contributed by atoms with Crippen LogP contribution in [0, 0.1) is 5.92 Å². The summed E-state index contributed by atoms with van der Waals surface area (Å²) in [4.78, 5) is 0. The molecule has 0 bridgehead atoms. The van der Waals surface area contributed by atoms with Crippen LogP contribution in [0.2, 0.25) is 5.04 Å². The quantitative estimate of drug-likeness (QED) is 0.161. The Labute approximate surface area is 238 Å². The average molecular weight is 545 g/mol. The molecule has 3 aromatic rings. The van der Waals surface area contributed by atoms with Crippen LogP contribution in [0.3, 0.4) is 0 Å². The van der Waals surface area contributed by atoms with Gasteiger partial charge in [-0.05, 0) is 46.2 Å². The molecule has 0 saturated heterocycles. The van der Waals surface area contributed by atoms with E-state index in [1.807, 2.05) is 18.2 Å². The van der Waals surface area contributed by atoms with E-state index in [9.17, 15) is 5.11 Å². The van der Waals surface area contributed by atoms with Gasteiger partial charge in [-0.15, -0.1) is 0 Å². The van der Waals surface area contributed by atoms with E-state index >= 15 is 0 Å². The number of ether oxygens (including phenoxy) is 1. The van der Waals surface area contributed by atoms with Crippen LogP contribution in [0.4, 0.5) is 0 Å². The van der Waals surface area contributed by atoms with E-state index in [2.05, 4.69) is 120 Å². The molecule has 0 fully saturated rings. The van der Waals surface area contributed by atoms with Crippen molar-refractivity contribution in [3.63, 3.8) is 0 Å². The van der Waals surface area contributed by atoms with E-state index in [-0.39, 0.29) is 11.1 Å². The molecule has 3 atom stereocenters. The van der Waals surface area contributed by atoms with Crippen molar-refractivity contribution in [3.05, 3.63) is 109 Å². The van der Waals surface area contributed by atoms with Crippen molar-refractivity contribution in [1.82, 2.24) is 0 Å². The molecule has 210 valence electrons. The molecule has 0 spiro atoms. The van der Waals surface area contributed by atoms with E-state index in [1.165, 1.54) is 15.9 Å². The highest BCUT2D eigenvalue weighted by Gasteiger charge is 2.51. The minimum absolute atomic E-state index is 0.0173. The second-order valence-electron chi connectivity index (χ2n) is 11.7. The van der Waals surface area contributed by atoms with Gasteiger partial charge in [-0.25, -0.2) is 0 Å². The van der Waals surface area contributed by atoms with Crippen molar-refractivity contribution >= 4 is 18.7 Å². The molecule has 0 amide bonds. The number of aliphatic hydroxyl groups is 1. The Kier molecular flexibility index (Phi) is 12.2. The molecule has 0 heterocycles. The fourth-order valence-electron chi connectivity index (χ4n) is 5.35. The molecule has 0 saturated carbocycles. The van der Waals surface area contributed by atoms with Gasteiger partial charge < -0.3 is 14.3 Å². The highest BCUT2D eigenvalue weighted by molar-refractivity contribution is 6.99. The summed E-state index contributed by atoms with van der Waals surface area (Å²) in [7, 11) is -2.65. The van der Waals surface area contributed by atoms with Gasteiger partial charge in [0.25, 0.3) is 8.32 Å². The predicted octanol–water partition coefficient (Wildman–Crippen LogP) is 7.28. The third kappa shape index (κ3) is 9.01. The highest BCUT2D eigenvalue weighted by atomic mass is 28.4. The molecular formula is C35H48O3Si. The zero-order chi connectivity index (χ0) is 28.1. The van der Waals surface area contributed by atoms with Crippen LogP contribution < -0.4 is 10.4 Å². The molecule has 1 N–H and O–H groups in total. The Morgan fingerprint density at radius 2 is 1.38 bits per heavy atom. The number of hydrogen-bond donors (Lipinski definition) is 1. The lowest BCUT2D eigenvalue weighted by atomic mass is 10.0. The van der Waals surface area contributed by atoms with Gasteiger partial charge in [0.2, 0.25) is 0 Å². The van der Waals surface area contributed by atoms with Gasteiger partial charge in [-0.3, -0.25) is 0 Å². The van der Waals surface area contributed by atoms with Gasteiger partial charge >= 0.3 is 0 Å². The summed E-state index contributed by atoms with van der Waals surface area (Å²) < 4.78 is 13.2. The number of benzene rings is 3. The average Bonchev–Trinajstić information content (AvgIpc) is 2.92. The highest BCUT2D eigenvalue weighted by Crippen LogP contribution is 2.38. The maximum absolute atomic E-state index is 11.1. The summed E-state index contributed by atoms with van der Waals surface area (Å²) in [6.07, 6.45) is 6.98. The van der Waals surface area contributed by atoms with Crippen LogP contribution in [0.5, 0.6) is 0 Å². The van der Waals surface area contributed by atoms with Crippen molar-refractivity contribution < 1.29 is 14.3 Å². The van der Waals surface area contributed by atoms with Gasteiger partial charge in [0.15, 0.2) is 0 Å². The normalized spacial score (nSPS) is 14.8. The fraction of sp³-hybridized carbons (Fsp3) is 0.429. The third-order valence-electron chi connectivity index (χ3n) is 7.27. The Bertz CT molecular complexity index is 1050. The Morgan fingerprint density at radius 3 is 1.90 bits per heavy atom. The maximum atomic E-state index is 11.1. The van der Waals surface area contributed by atoms with Crippen LogP contribution in [-0.2, 0) is 15.8 Å².